The van der Waals surface area contributed by atoms with Crippen LogP contribution < -0.4 is 4.74 Å². The average Bonchev–Trinajstić information content (AvgIpc) is 2.86. The number of ether oxygens (including phenoxy) is 1. The molecule has 9 heteroatoms. The lowest BCUT2D eigenvalue weighted by atomic mass is 10.1. The van der Waals surface area contributed by atoms with Crippen molar-refractivity contribution in [3.05, 3.63) is 66.6 Å². The van der Waals surface area contributed by atoms with Gasteiger partial charge in [0.05, 0.1) is 5.52 Å². The second-order valence-corrected chi connectivity index (χ2v) is 8.35. The summed E-state index contributed by atoms with van der Waals surface area (Å²) >= 11 is 0. The lowest BCUT2D eigenvalue weighted by Crippen LogP contribution is -2.59. The van der Waals surface area contributed by atoms with Crippen molar-refractivity contribution in [1.29, 1.82) is 0 Å². The number of aliphatic hydroxyl groups excluding tert-OH is 1. The Morgan fingerprint density at radius 1 is 1.12 bits per heavy atom. The molecule has 0 radical (unpaired) electrons. The van der Waals surface area contributed by atoms with Crippen LogP contribution in [0.25, 0.3) is 10.9 Å². The summed E-state index contributed by atoms with van der Waals surface area (Å²) in [4.78, 5) is 36.3. The zero-order valence-electron chi connectivity index (χ0n) is 18.8. The Hall–Kier alpha value is -3.56. The highest BCUT2D eigenvalue weighted by Gasteiger charge is 2.35. The van der Waals surface area contributed by atoms with E-state index >= 15 is 0 Å². The number of nitrogens with zero attached hydrogens (tertiary/aromatic N) is 4. The first kappa shape index (κ1) is 23.6. The van der Waals surface area contributed by atoms with Gasteiger partial charge in [-0.15, -0.1) is 0 Å². The molecule has 1 aromatic carbocycles. The van der Waals surface area contributed by atoms with E-state index in [1.165, 1.54) is 4.90 Å². The summed E-state index contributed by atoms with van der Waals surface area (Å²) < 4.78 is 5.83. The summed E-state index contributed by atoms with van der Waals surface area (Å²) in [5.41, 5.74) is 1.74. The molecule has 2 atom stereocenters. The first-order valence-electron chi connectivity index (χ1n) is 11.3. The van der Waals surface area contributed by atoms with Gasteiger partial charge in [-0.1, -0.05) is 12.1 Å². The normalized spacial score (nSPS) is 17.4. The summed E-state index contributed by atoms with van der Waals surface area (Å²) in [6.45, 7) is 1.26. The Labute approximate surface area is 197 Å². The number of benzene rings is 1. The van der Waals surface area contributed by atoms with Crippen LogP contribution >= 0.6 is 0 Å². The van der Waals surface area contributed by atoms with Gasteiger partial charge in [-0.05, 0) is 42.3 Å². The number of β-amino-alcohol motifs (C(OH)–C–C–N with tert-alkyl or cyclic N) is 1. The Morgan fingerprint density at radius 3 is 2.76 bits per heavy atom. The molecule has 3 aromatic rings. The quantitative estimate of drug-likeness (QED) is 0.491. The number of piperazine rings is 1. The number of hydrogen-bond acceptors (Lipinski definition) is 7. The summed E-state index contributed by atoms with van der Waals surface area (Å²) in [6.07, 6.45) is 5.02. The third-order valence-electron chi connectivity index (χ3n) is 5.93. The number of aliphatic hydroxyl groups is 1. The second kappa shape index (κ2) is 11.0. The highest BCUT2D eigenvalue weighted by atomic mass is 16.5. The fourth-order valence-electron chi connectivity index (χ4n) is 4.19. The van der Waals surface area contributed by atoms with Crippen molar-refractivity contribution in [2.24, 2.45) is 0 Å². The number of carboxylic acids is 1. The van der Waals surface area contributed by atoms with E-state index in [1.54, 1.807) is 18.6 Å². The Kier molecular flexibility index (Phi) is 7.66. The fourth-order valence-corrected chi connectivity index (χ4v) is 4.19. The zero-order chi connectivity index (χ0) is 23.9. The van der Waals surface area contributed by atoms with Crippen LogP contribution in [0.15, 0.2) is 61.1 Å². The van der Waals surface area contributed by atoms with Gasteiger partial charge in [0.1, 0.15) is 24.5 Å². The van der Waals surface area contributed by atoms with Crippen LogP contribution in [-0.2, 0) is 16.0 Å². The number of carboxylic acid groups (broad SMARTS) is 1. The monoisotopic (exact) mass is 464 g/mol. The second-order valence-electron chi connectivity index (χ2n) is 8.35. The lowest BCUT2D eigenvalue weighted by molar-refractivity contribution is -0.154. The predicted molar refractivity (Wildman–Crippen MR) is 125 cm³/mol. The van der Waals surface area contributed by atoms with Gasteiger partial charge < -0.3 is 19.8 Å². The number of carbonyl (C=O) groups excluding carboxylic acids is 1. The summed E-state index contributed by atoms with van der Waals surface area (Å²) in [6, 6.07) is 12.1. The van der Waals surface area contributed by atoms with Gasteiger partial charge in [0.15, 0.2) is 0 Å². The largest absolute Gasteiger partial charge is 0.490 e. The van der Waals surface area contributed by atoms with Crippen molar-refractivity contribution in [3.8, 4) is 5.75 Å². The number of aryl methyl sites for hydroxylation is 1. The number of fused-ring (bicyclic) bond motifs is 1. The standard InChI is InChI=1S/C25H28N4O5/c30-19(17-34-23-7-1-6-21-20(23)5-3-11-27-21)15-28-12-13-29(22(16-28)25(32)33)24(31)9-8-18-4-2-10-26-14-18/h1-7,10-11,14,19,22,30H,8-9,12-13,15-17H2,(H,32,33)/t19-,22?/m1/s1. The highest BCUT2D eigenvalue weighted by molar-refractivity contribution is 5.85. The minimum Gasteiger partial charge on any atom is -0.490 e. The van der Waals surface area contributed by atoms with Gasteiger partial charge in [0, 0.05) is 56.6 Å². The van der Waals surface area contributed by atoms with Gasteiger partial charge in [-0.2, -0.15) is 0 Å². The Morgan fingerprint density at radius 2 is 1.97 bits per heavy atom. The summed E-state index contributed by atoms with van der Waals surface area (Å²) in [5, 5.41) is 21.1. The molecule has 0 aliphatic carbocycles. The van der Waals surface area contributed by atoms with Crippen LogP contribution in [0.2, 0.25) is 0 Å². The molecule has 1 aliphatic heterocycles. The van der Waals surface area contributed by atoms with Crippen LogP contribution in [0.4, 0.5) is 0 Å². The number of aliphatic carboxylic acids is 1. The van der Waals surface area contributed by atoms with Crippen LogP contribution in [0.3, 0.4) is 0 Å². The number of hydrogen-bond donors (Lipinski definition) is 2. The molecular weight excluding hydrogens is 436 g/mol. The van der Waals surface area contributed by atoms with E-state index < -0.39 is 18.1 Å². The molecule has 178 valence electrons. The lowest BCUT2D eigenvalue weighted by Gasteiger charge is -2.40. The molecule has 0 spiro atoms. The van der Waals surface area contributed by atoms with Crippen molar-refractivity contribution < 1.29 is 24.5 Å². The molecule has 9 nitrogen and oxygen atoms in total. The molecule has 3 heterocycles. The maximum Gasteiger partial charge on any atom is 0.327 e. The van der Waals surface area contributed by atoms with Gasteiger partial charge >= 0.3 is 5.97 Å². The van der Waals surface area contributed by atoms with E-state index in [4.69, 9.17) is 4.74 Å². The third-order valence-corrected chi connectivity index (χ3v) is 5.93. The number of amides is 1. The van der Waals surface area contributed by atoms with E-state index in [-0.39, 0.29) is 32.0 Å². The molecule has 1 amide bonds. The molecule has 2 N–H and O–H groups in total. The van der Waals surface area contributed by atoms with Crippen LogP contribution in [0.5, 0.6) is 5.75 Å². The molecule has 0 saturated carbocycles. The van der Waals surface area contributed by atoms with E-state index in [1.807, 2.05) is 47.4 Å². The summed E-state index contributed by atoms with van der Waals surface area (Å²) in [5.74, 6) is -0.602. The maximum atomic E-state index is 12.7. The van der Waals surface area contributed by atoms with Gasteiger partial charge in [-0.3, -0.25) is 19.7 Å². The van der Waals surface area contributed by atoms with Crippen molar-refractivity contribution in [2.75, 3.05) is 32.8 Å². The molecule has 34 heavy (non-hydrogen) atoms. The average molecular weight is 465 g/mol. The molecule has 0 bridgehead atoms. The molecule has 1 unspecified atom stereocenters. The van der Waals surface area contributed by atoms with E-state index in [9.17, 15) is 19.8 Å². The van der Waals surface area contributed by atoms with E-state index in [0.717, 1.165) is 16.5 Å². The number of carbonyl (C=O) groups is 2. The maximum absolute atomic E-state index is 12.7. The Bertz CT molecular complexity index is 1120. The molecule has 1 fully saturated rings. The van der Waals surface area contributed by atoms with E-state index in [2.05, 4.69) is 9.97 Å². The van der Waals surface area contributed by atoms with Gasteiger partial charge in [0.2, 0.25) is 5.91 Å². The summed E-state index contributed by atoms with van der Waals surface area (Å²) in [7, 11) is 0. The van der Waals surface area contributed by atoms with Crippen molar-refractivity contribution in [3.63, 3.8) is 0 Å². The zero-order valence-corrected chi connectivity index (χ0v) is 18.8. The minimum atomic E-state index is -1.05. The minimum absolute atomic E-state index is 0.0655. The van der Waals surface area contributed by atoms with Crippen LogP contribution in [0, 0.1) is 0 Å². The van der Waals surface area contributed by atoms with Gasteiger partial charge in [0.25, 0.3) is 0 Å². The number of rotatable bonds is 9. The van der Waals surface area contributed by atoms with Gasteiger partial charge in [-0.25, -0.2) is 4.79 Å². The number of aromatic nitrogens is 2. The fraction of sp³-hybridized carbons (Fsp3) is 0.360. The Balaban J connectivity index is 1.29. The molecule has 1 saturated heterocycles. The molecular formula is C25H28N4O5. The number of pyridine rings is 2. The highest BCUT2D eigenvalue weighted by Crippen LogP contribution is 2.24. The predicted octanol–water partition coefficient (Wildman–Crippen LogP) is 1.60. The van der Waals surface area contributed by atoms with Crippen LogP contribution in [-0.4, -0.2) is 86.8 Å². The van der Waals surface area contributed by atoms with E-state index in [0.29, 0.717) is 25.3 Å². The first-order valence-corrected chi connectivity index (χ1v) is 11.3. The molecule has 2 aromatic heterocycles. The first-order chi connectivity index (χ1) is 16.5. The SMILES string of the molecule is O=C(O)C1CN(C[C@@H](O)COc2cccc3ncccc23)CCN1C(=O)CCc1cccnc1. The van der Waals surface area contributed by atoms with Crippen molar-refractivity contribution in [1.82, 2.24) is 19.8 Å². The smallest absolute Gasteiger partial charge is 0.327 e. The topological polar surface area (TPSA) is 116 Å². The van der Waals surface area contributed by atoms with Crippen molar-refractivity contribution >= 4 is 22.8 Å². The van der Waals surface area contributed by atoms with Crippen molar-refractivity contribution in [2.45, 2.75) is 25.0 Å². The third kappa shape index (κ3) is 5.86. The molecule has 1 aliphatic rings. The molecule has 4 rings (SSSR count). The van der Waals surface area contributed by atoms with Crippen LogP contribution in [0.1, 0.15) is 12.0 Å².